The van der Waals surface area contributed by atoms with Gasteiger partial charge in [-0.05, 0) is 12.8 Å². The van der Waals surface area contributed by atoms with Gasteiger partial charge in [0.25, 0.3) is 0 Å². The summed E-state index contributed by atoms with van der Waals surface area (Å²) in [5.41, 5.74) is 0.403. The summed E-state index contributed by atoms with van der Waals surface area (Å²) in [6.45, 7) is 7.28. The molecular formula is C16H22N4O3. The fourth-order valence-electron chi connectivity index (χ4n) is 2.83. The average molecular weight is 318 g/mol. The maximum absolute atomic E-state index is 12.5. The summed E-state index contributed by atoms with van der Waals surface area (Å²) in [5.74, 6) is 1.47. The van der Waals surface area contributed by atoms with Crippen LogP contribution >= 0.6 is 0 Å². The van der Waals surface area contributed by atoms with Gasteiger partial charge in [-0.1, -0.05) is 31.1 Å². The summed E-state index contributed by atoms with van der Waals surface area (Å²) < 4.78 is 10.2. The van der Waals surface area contributed by atoms with Gasteiger partial charge in [-0.3, -0.25) is 4.79 Å². The smallest absolute Gasteiger partial charge is 0.231 e. The molecule has 0 aliphatic carbocycles. The first-order valence-electron chi connectivity index (χ1n) is 7.94. The molecule has 7 nitrogen and oxygen atoms in total. The Labute approximate surface area is 135 Å². The van der Waals surface area contributed by atoms with Gasteiger partial charge in [0, 0.05) is 24.6 Å². The van der Waals surface area contributed by atoms with E-state index in [9.17, 15) is 4.79 Å². The SMILES string of the molecule is CC(C)(C)C(=O)N1CCC[C@@H](c2nc(Cc3ccon3)no2)C1. The van der Waals surface area contributed by atoms with Gasteiger partial charge in [0.2, 0.25) is 11.8 Å². The van der Waals surface area contributed by atoms with Crippen molar-refractivity contribution in [1.82, 2.24) is 20.2 Å². The van der Waals surface area contributed by atoms with Crippen molar-refractivity contribution in [3.8, 4) is 0 Å². The molecule has 1 aliphatic heterocycles. The topological polar surface area (TPSA) is 85.3 Å². The molecule has 3 heterocycles. The minimum Gasteiger partial charge on any atom is -0.364 e. The molecule has 0 aromatic carbocycles. The van der Waals surface area contributed by atoms with E-state index in [0.717, 1.165) is 25.1 Å². The lowest BCUT2D eigenvalue weighted by Gasteiger charge is -2.35. The van der Waals surface area contributed by atoms with Crippen molar-refractivity contribution < 1.29 is 13.8 Å². The minimum absolute atomic E-state index is 0.105. The summed E-state index contributed by atoms with van der Waals surface area (Å²) in [4.78, 5) is 18.8. The highest BCUT2D eigenvalue weighted by Gasteiger charge is 2.33. The van der Waals surface area contributed by atoms with Gasteiger partial charge >= 0.3 is 0 Å². The quantitative estimate of drug-likeness (QED) is 0.864. The van der Waals surface area contributed by atoms with Crippen LogP contribution in [-0.4, -0.2) is 39.2 Å². The fourth-order valence-corrected chi connectivity index (χ4v) is 2.83. The highest BCUT2D eigenvalue weighted by molar-refractivity contribution is 5.81. The number of hydrogen-bond acceptors (Lipinski definition) is 6. The zero-order valence-corrected chi connectivity index (χ0v) is 13.8. The molecule has 0 radical (unpaired) electrons. The van der Waals surface area contributed by atoms with Crippen LogP contribution in [0.15, 0.2) is 21.4 Å². The second-order valence-electron chi connectivity index (χ2n) is 7.06. The van der Waals surface area contributed by atoms with Crippen molar-refractivity contribution in [2.45, 2.75) is 46.0 Å². The van der Waals surface area contributed by atoms with Crippen molar-refractivity contribution in [1.29, 1.82) is 0 Å². The van der Waals surface area contributed by atoms with Crippen molar-refractivity contribution in [2.24, 2.45) is 5.41 Å². The zero-order chi connectivity index (χ0) is 16.4. The van der Waals surface area contributed by atoms with Crippen LogP contribution in [-0.2, 0) is 11.2 Å². The van der Waals surface area contributed by atoms with Crippen LogP contribution in [0, 0.1) is 5.41 Å². The lowest BCUT2D eigenvalue weighted by molar-refractivity contribution is -0.140. The lowest BCUT2D eigenvalue weighted by atomic mass is 9.91. The molecule has 1 saturated heterocycles. The van der Waals surface area contributed by atoms with Crippen LogP contribution < -0.4 is 0 Å². The van der Waals surface area contributed by atoms with E-state index in [4.69, 9.17) is 9.05 Å². The van der Waals surface area contributed by atoms with E-state index in [1.807, 2.05) is 25.7 Å². The van der Waals surface area contributed by atoms with E-state index < -0.39 is 0 Å². The molecule has 0 spiro atoms. The van der Waals surface area contributed by atoms with E-state index in [-0.39, 0.29) is 17.2 Å². The summed E-state index contributed by atoms with van der Waals surface area (Å²) in [5, 5.41) is 7.86. The second-order valence-corrected chi connectivity index (χ2v) is 7.06. The highest BCUT2D eigenvalue weighted by Crippen LogP contribution is 2.29. The van der Waals surface area contributed by atoms with E-state index in [0.29, 0.717) is 24.7 Å². The van der Waals surface area contributed by atoms with Crippen molar-refractivity contribution >= 4 is 5.91 Å². The van der Waals surface area contributed by atoms with Gasteiger partial charge in [-0.2, -0.15) is 4.98 Å². The molecule has 2 aromatic rings. The van der Waals surface area contributed by atoms with Gasteiger partial charge in [0.05, 0.1) is 18.0 Å². The second kappa shape index (κ2) is 6.14. The van der Waals surface area contributed by atoms with Crippen LogP contribution in [0.2, 0.25) is 0 Å². The Bertz CT molecular complexity index is 657. The normalized spacial score (nSPS) is 19.1. The van der Waals surface area contributed by atoms with Gasteiger partial charge < -0.3 is 13.9 Å². The molecule has 0 bridgehead atoms. The Morgan fingerprint density at radius 3 is 2.91 bits per heavy atom. The molecule has 1 fully saturated rings. The Morgan fingerprint density at radius 2 is 2.22 bits per heavy atom. The van der Waals surface area contributed by atoms with E-state index in [2.05, 4.69) is 15.3 Å². The number of aromatic nitrogens is 3. The molecule has 3 rings (SSSR count). The van der Waals surface area contributed by atoms with E-state index in [1.165, 1.54) is 6.26 Å². The van der Waals surface area contributed by atoms with Crippen LogP contribution in [0.3, 0.4) is 0 Å². The Morgan fingerprint density at radius 1 is 1.39 bits per heavy atom. The summed E-state index contributed by atoms with van der Waals surface area (Å²) in [6, 6.07) is 1.78. The third-order valence-corrected chi connectivity index (χ3v) is 4.01. The highest BCUT2D eigenvalue weighted by atomic mass is 16.5. The first kappa shape index (κ1) is 15.7. The Hall–Kier alpha value is -2.18. The van der Waals surface area contributed by atoms with Gasteiger partial charge in [0.15, 0.2) is 5.82 Å². The van der Waals surface area contributed by atoms with Gasteiger partial charge in [0.1, 0.15) is 6.26 Å². The monoisotopic (exact) mass is 318 g/mol. The Kier molecular flexibility index (Phi) is 4.19. The molecule has 0 N–H and O–H groups in total. The maximum atomic E-state index is 12.5. The molecule has 2 aromatic heterocycles. The predicted octanol–water partition coefficient (Wildman–Crippen LogP) is 2.40. The van der Waals surface area contributed by atoms with Gasteiger partial charge in [-0.25, -0.2) is 0 Å². The van der Waals surface area contributed by atoms with Crippen LogP contribution in [0.4, 0.5) is 0 Å². The minimum atomic E-state index is -0.366. The zero-order valence-electron chi connectivity index (χ0n) is 13.8. The number of likely N-dealkylation sites (tertiary alicyclic amines) is 1. The molecule has 124 valence electrons. The molecule has 1 atom stereocenters. The largest absolute Gasteiger partial charge is 0.364 e. The van der Waals surface area contributed by atoms with Gasteiger partial charge in [-0.15, -0.1) is 0 Å². The molecule has 23 heavy (non-hydrogen) atoms. The summed E-state index contributed by atoms with van der Waals surface area (Å²) in [7, 11) is 0. The predicted molar refractivity (Wildman–Crippen MR) is 81.6 cm³/mol. The number of carbonyl (C=O) groups excluding carboxylic acids is 1. The lowest BCUT2D eigenvalue weighted by Crippen LogP contribution is -2.44. The van der Waals surface area contributed by atoms with Crippen LogP contribution in [0.1, 0.15) is 56.9 Å². The number of piperidine rings is 1. The molecule has 0 unspecified atom stereocenters. The summed E-state index contributed by atoms with van der Waals surface area (Å²) >= 11 is 0. The first-order chi connectivity index (χ1) is 10.9. The third kappa shape index (κ3) is 3.60. The standard InChI is InChI=1S/C16H22N4O3/c1-16(2,3)15(21)20-7-4-5-11(10-20)14-17-13(19-23-14)9-12-6-8-22-18-12/h6,8,11H,4-5,7,9-10H2,1-3H3/t11-/m1/s1. The van der Waals surface area contributed by atoms with Crippen molar-refractivity contribution in [3.63, 3.8) is 0 Å². The fraction of sp³-hybridized carbons (Fsp3) is 0.625. The van der Waals surface area contributed by atoms with Crippen LogP contribution in [0.5, 0.6) is 0 Å². The van der Waals surface area contributed by atoms with Crippen molar-refractivity contribution in [3.05, 3.63) is 29.7 Å². The number of hydrogen-bond donors (Lipinski definition) is 0. The Balaban J connectivity index is 1.67. The molecule has 0 saturated carbocycles. The number of nitrogens with zero attached hydrogens (tertiary/aromatic N) is 4. The number of rotatable bonds is 3. The molecular weight excluding hydrogens is 296 g/mol. The summed E-state index contributed by atoms with van der Waals surface area (Å²) in [6.07, 6.45) is 3.91. The first-order valence-corrected chi connectivity index (χ1v) is 7.94. The van der Waals surface area contributed by atoms with E-state index >= 15 is 0 Å². The van der Waals surface area contributed by atoms with E-state index in [1.54, 1.807) is 6.07 Å². The number of carbonyl (C=O) groups is 1. The molecule has 1 aliphatic rings. The molecule has 7 heteroatoms. The number of amides is 1. The average Bonchev–Trinajstić information content (AvgIpc) is 3.18. The van der Waals surface area contributed by atoms with Crippen LogP contribution in [0.25, 0.3) is 0 Å². The van der Waals surface area contributed by atoms with Crippen molar-refractivity contribution in [2.75, 3.05) is 13.1 Å². The molecule has 1 amide bonds. The third-order valence-electron chi connectivity index (χ3n) is 4.01. The maximum Gasteiger partial charge on any atom is 0.231 e.